The minimum atomic E-state index is -0.514. The van der Waals surface area contributed by atoms with E-state index in [-0.39, 0.29) is 18.9 Å². The van der Waals surface area contributed by atoms with Gasteiger partial charge >= 0.3 is 5.97 Å². The minimum Gasteiger partial charge on any atom is -0.486 e. The van der Waals surface area contributed by atoms with E-state index in [9.17, 15) is 9.59 Å². The van der Waals surface area contributed by atoms with E-state index < -0.39 is 5.97 Å². The molecule has 148 valence electrons. The summed E-state index contributed by atoms with van der Waals surface area (Å²) in [7, 11) is 0. The average Bonchev–Trinajstić information content (AvgIpc) is 2.69. The van der Waals surface area contributed by atoms with Gasteiger partial charge < -0.3 is 19.5 Å². The lowest BCUT2D eigenvalue weighted by Gasteiger charge is -2.18. The summed E-state index contributed by atoms with van der Waals surface area (Å²) < 4.78 is 16.0. The predicted octanol–water partition coefficient (Wildman–Crippen LogP) is 3.21. The smallest absolute Gasteiger partial charge is 0.310 e. The fraction of sp³-hybridized carbons (Fsp3) is 0.300. The van der Waals surface area contributed by atoms with Crippen molar-refractivity contribution < 1.29 is 23.8 Å². The maximum absolute atomic E-state index is 11.9. The molecule has 28 heavy (non-hydrogen) atoms. The molecule has 0 unspecified atom stereocenters. The molecule has 8 heteroatoms. The molecule has 0 bridgehead atoms. The van der Waals surface area contributed by atoms with E-state index in [1.165, 1.54) is 0 Å². The van der Waals surface area contributed by atoms with Gasteiger partial charge in [0.05, 0.1) is 16.5 Å². The normalized spacial score (nSPS) is 12.4. The van der Waals surface area contributed by atoms with Crippen molar-refractivity contribution in [1.29, 1.82) is 0 Å². The summed E-state index contributed by atoms with van der Waals surface area (Å²) in [4.78, 5) is 23.7. The molecular formula is C20H19Cl2NO5. The first-order valence-electron chi connectivity index (χ1n) is 8.76. The van der Waals surface area contributed by atoms with E-state index in [0.717, 1.165) is 11.3 Å². The third-order valence-electron chi connectivity index (χ3n) is 4.04. The van der Waals surface area contributed by atoms with Gasteiger partial charge in [0, 0.05) is 6.54 Å². The van der Waals surface area contributed by atoms with Crippen molar-refractivity contribution in [2.45, 2.75) is 12.8 Å². The molecule has 0 saturated heterocycles. The van der Waals surface area contributed by atoms with Crippen LogP contribution < -0.4 is 14.8 Å². The highest BCUT2D eigenvalue weighted by Gasteiger charge is 2.12. The monoisotopic (exact) mass is 423 g/mol. The number of amides is 1. The molecule has 1 aliphatic rings. The molecule has 1 amide bonds. The predicted molar refractivity (Wildman–Crippen MR) is 105 cm³/mol. The van der Waals surface area contributed by atoms with Crippen LogP contribution >= 0.6 is 23.2 Å². The molecule has 0 radical (unpaired) electrons. The average molecular weight is 424 g/mol. The van der Waals surface area contributed by atoms with E-state index >= 15 is 0 Å². The Hall–Kier alpha value is -2.44. The lowest BCUT2D eigenvalue weighted by molar-refractivity contribution is -0.147. The number of hydrogen-bond acceptors (Lipinski definition) is 5. The molecule has 0 aliphatic carbocycles. The number of carbonyl (C=O) groups excluding carboxylic acids is 2. The molecular weight excluding hydrogens is 405 g/mol. The SMILES string of the molecule is O=C(COC(=O)Cc1ccc(Cl)c(Cl)c1)NCCc1ccc2c(c1)OCCO2. The zero-order valence-corrected chi connectivity index (χ0v) is 16.5. The van der Waals surface area contributed by atoms with Crippen LogP contribution in [0.4, 0.5) is 0 Å². The van der Waals surface area contributed by atoms with Crippen LogP contribution in [0.1, 0.15) is 11.1 Å². The second kappa shape index (κ2) is 9.66. The van der Waals surface area contributed by atoms with Gasteiger partial charge in [0.25, 0.3) is 5.91 Å². The van der Waals surface area contributed by atoms with Gasteiger partial charge in [0.15, 0.2) is 18.1 Å². The van der Waals surface area contributed by atoms with Crippen molar-refractivity contribution >= 4 is 35.1 Å². The van der Waals surface area contributed by atoms with E-state index in [1.54, 1.807) is 18.2 Å². The molecule has 2 aromatic carbocycles. The highest BCUT2D eigenvalue weighted by atomic mass is 35.5. The summed E-state index contributed by atoms with van der Waals surface area (Å²) >= 11 is 11.7. The quantitative estimate of drug-likeness (QED) is 0.692. The number of rotatable bonds is 7. The van der Waals surface area contributed by atoms with Crippen LogP contribution in [-0.2, 0) is 27.2 Å². The summed E-state index contributed by atoms with van der Waals surface area (Å²) in [6.45, 7) is 1.16. The summed E-state index contributed by atoms with van der Waals surface area (Å²) in [5.74, 6) is 0.569. The first kappa shape index (κ1) is 20.3. The van der Waals surface area contributed by atoms with Gasteiger partial charge in [-0.05, 0) is 41.8 Å². The Kier molecular flexibility index (Phi) is 7.01. The molecule has 0 fully saturated rings. The second-order valence-electron chi connectivity index (χ2n) is 6.16. The van der Waals surface area contributed by atoms with Crippen molar-refractivity contribution in [3.05, 3.63) is 57.6 Å². The van der Waals surface area contributed by atoms with Crippen molar-refractivity contribution in [3.63, 3.8) is 0 Å². The van der Waals surface area contributed by atoms with Gasteiger partial charge in [-0.25, -0.2) is 0 Å². The van der Waals surface area contributed by atoms with Crippen molar-refractivity contribution in [2.75, 3.05) is 26.4 Å². The molecule has 0 atom stereocenters. The molecule has 1 N–H and O–H groups in total. The number of esters is 1. The highest BCUT2D eigenvalue weighted by molar-refractivity contribution is 6.42. The summed E-state index contributed by atoms with van der Waals surface area (Å²) in [5.41, 5.74) is 1.68. The Morgan fingerprint density at radius 3 is 2.50 bits per heavy atom. The number of halogens is 2. The maximum atomic E-state index is 11.9. The van der Waals surface area contributed by atoms with Gasteiger partial charge in [-0.2, -0.15) is 0 Å². The molecule has 1 heterocycles. The number of benzene rings is 2. The van der Waals surface area contributed by atoms with E-state index in [2.05, 4.69) is 5.32 Å². The van der Waals surface area contributed by atoms with Crippen LogP contribution in [0.15, 0.2) is 36.4 Å². The van der Waals surface area contributed by atoms with Gasteiger partial charge in [-0.1, -0.05) is 35.3 Å². The topological polar surface area (TPSA) is 73.9 Å². The Labute approximate surface area is 172 Å². The standard InChI is InChI=1S/C20H19Cl2NO5/c21-15-3-1-14(9-16(15)22)11-20(25)28-12-19(24)23-6-5-13-2-4-17-18(10-13)27-8-7-26-17/h1-4,9-10H,5-8,11-12H2,(H,23,24). The molecule has 1 aliphatic heterocycles. The van der Waals surface area contributed by atoms with Gasteiger partial charge in [0.2, 0.25) is 0 Å². The summed E-state index contributed by atoms with van der Waals surface area (Å²) in [6.07, 6.45) is 0.640. The van der Waals surface area contributed by atoms with Crippen molar-refractivity contribution in [3.8, 4) is 11.5 Å². The lowest BCUT2D eigenvalue weighted by Crippen LogP contribution is -2.30. The van der Waals surface area contributed by atoms with Crippen molar-refractivity contribution in [2.24, 2.45) is 0 Å². The minimum absolute atomic E-state index is 0.0152. The molecule has 6 nitrogen and oxygen atoms in total. The Morgan fingerprint density at radius 2 is 1.71 bits per heavy atom. The molecule has 2 aromatic rings. The summed E-state index contributed by atoms with van der Waals surface area (Å²) in [6, 6.07) is 10.6. The second-order valence-corrected chi connectivity index (χ2v) is 6.98. The maximum Gasteiger partial charge on any atom is 0.310 e. The van der Waals surface area contributed by atoms with Crippen LogP contribution in [0.5, 0.6) is 11.5 Å². The molecule has 0 saturated carbocycles. The van der Waals surface area contributed by atoms with Gasteiger partial charge in [0.1, 0.15) is 13.2 Å². The fourth-order valence-electron chi connectivity index (χ4n) is 2.65. The van der Waals surface area contributed by atoms with Crippen LogP contribution in [0, 0.1) is 0 Å². The number of ether oxygens (including phenoxy) is 3. The van der Waals surface area contributed by atoms with Crippen LogP contribution in [0.3, 0.4) is 0 Å². The summed E-state index contributed by atoms with van der Waals surface area (Å²) in [5, 5.41) is 3.50. The number of carbonyl (C=O) groups is 2. The van der Waals surface area contributed by atoms with Crippen LogP contribution in [0.25, 0.3) is 0 Å². The first-order chi connectivity index (χ1) is 13.5. The third-order valence-corrected chi connectivity index (χ3v) is 4.78. The first-order valence-corrected chi connectivity index (χ1v) is 9.51. The molecule has 0 spiro atoms. The Morgan fingerprint density at radius 1 is 0.964 bits per heavy atom. The lowest BCUT2D eigenvalue weighted by atomic mass is 10.1. The van der Waals surface area contributed by atoms with Crippen molar-refractivity contribution in [1.82, 2.24) is 5.32 Å². The Balaban J connectivity index is 1.37. The van der Waals surface area contributed by atoms with Gasteiger partial charge in [-0.15, -0.1) is 0 Å². The zero-order chi connectivity index (χ0) is 19.9. The van der Waals surface area contributed by atoms with Gasteiger partial charge in [-0.3, -0.25) is 9.59 Å². The third kappa shape index (κ3) is 5.78. The molecule has 0 aromatic heterocycles. The molecule has 3 rings (SSSR count). The van der Waals surface area contributed by atoms with Crippen LogP contribution in [0.2, 0.25) is 10.0 Å². The largest absolute Gasteiger partial charge is 0.486 e. The number of hydrogen-bond donors (Lipinski definition) is 1. The number of nitrogens with one attached hydrogen (secondary N) is 1. The highest BCUT2D eigenvalue weighted by Crippen LogP contribution is 2.30. The van der Waals surface area contributed by atoms with E-state index in [0.29, 0.717) is 47.5 Å². The van der Waals surface area contributed by atoms with E-state index in [4.69, 9.17) is 37.4 Å². The Bertz CT molecular complexity index is 872. The zero-order valence-electron chi connectivity index (χ0n) is 15.0. The van der Waals surface area contributed by atoms with E-state index in [1.807, 2.05) is 18.2 Å². The fourth-order valence-corrected chi connectivity index (χ4v) is 2.97. The van der Waals surface area contributed by atoms with Crippen LogP contribution in [-0.4, -0.2) is 38.2 Å². The number of fused-ring (bicyclic) bond motifs is 1.